The second-order valence-corrected chi connectivity index (χ2v) is 8.17. The lowest BCUT2D eigenvalue weighted by atomic mass is 10.2. The third-order valence-corrected chi connectivity index (χ3v) is 5.52. The van der Waals surface area contributed by atoms with Crippen LogP contribution in [0.4, 0.5) is 10.5 Å². The first-order valence-electron chi connectivity index (χ1n) is 9.93. The number of nitrogens with zero attached hydrogens (tertiary/aromatic N) is 1. The smallest absolute Gasteiger partial charge is 0.294 e. The molecule has 1 saturated heterocycles. The zero-order valence-electron chi connectivity index (χ0n) is 17.3. The van der Waals surface area contributed by atoms with Gasteiger partial charge in [-0.05, 0) is 72.3 Å². The molecular weight excluding hydrogens is 424 g/mol. The van der Waals surface area contributed by atoms with Gasteiger partial charge in [0.1, 0.15) is 18.0 Å². The zero-order chi connectivity index (χ0) is 22.5. The predicted octanol–water partition coefficient (Wildman–Crippen LogP) is 5.46. The van der Waals surface area contributed by atoms with Crippen molar-refractivity contribution in [2.45, 2.75) is 6.92 Å². The quantitative estimate of drug-likeness (QED) is 0.511. The maximum absolute atomic E-state index is 12.7. The van der Waals surface area contributed by atoms with Gasteiger partial charge < -0.3 is 10.1 Å². The summed E-state index contributed by atoms with van der Waals surface area (Å²) in [6.45, 7) is 1.57. The lowest BCUT2D eigenvalue weighted by molar-refractivity contribution is -0.127. The molecule has 0 bridgehead atoms. The average Bonchev–Trinajstić information content (AvgIpc) is 3.02. The minimum Gasteiger partial charge on any atom is -0.457 e. The van der Waals surface area contributed by atoms with Crippen molar-refractivity contribution < 1.29 is 19.1 Å². The molecule has 0 radical (unpaired) electrons. The summed E-state index contributed by atoms with van der Waals surface area (Å²) in [6, 6.07) is 23.9. The number of benzene rings is 3. The van der Waals surface area contributed by atoms with Crippen molar-refractivity contribution >= 4 is 40.6 Å². The van der Waals surface area contributed by atoms with Gasteiger partial charge in [0, 0.05) is 5.69 Å². The third kappa shape index (κ3) is 5.25. The van der Waals surface area contributed by atoms with Gasteiger partial charge in [0.25, 0.3) is 11.1 Å². The molecule has 3 amide bonds. The maximum Gasteiger partial charge on any atom is 0.294 e. The van der Waals surface area contributed by atoms with E-state index in [0.717, 1.165) is 22.2 Å². The number of ether oxygens (including phenoxy) is 1. The van der Waals surface area contributed by atoms with Gasteiger partial charge >= 0.3 is 0 Å². The van der Waals surface area contributed by atoms with Crippen LogP contribution in [0.1, 0.15) is 11.1 Å². The van der Waals surface area contributed by atoms with Crippen LogP contribution < -0.4 is 10.1 Å². The number of carbonyl (C=O) groups excluding carboxylic acids is 3. The number of amides is 3. The lowest BCUT2D eigenvalue weighted by Crippen LogP contribution is -2.36. The molecule has 32 heavy (non-hydrogen) atoms. The van der Waals surface area contributed by atoms with E-state index < -0.39 is 17.1 Å². The van der Waals surface area contributed by atoms with Crippen LogP contribution in [-0.4, -0.2) is 28.5 Å². The van der Waals surface area contributed by atoms with E-state index >= 15 is 0 Å². The zero-order valence-corrected chi connectivity index (χ0v) is 18.1. The van der Waals surface area contributed by atoms with Gasteiger partial charge in [-0.3, -0.25) is 19.3 Å². The standard InChI is InChI=1S/C25H20N2O4S/c1-17-7-5-9-19(13-17)26-23(28)16-27-24(29)22(32-25(27)30)15-18-8-6-12-21(14-18)31-20-10-3-2-4-11-20/h2-15H,16H2,1H3,(H,26,28). The van der Waals surface area contributed by atoms with Crippen LogP contribution in [0.2, 0.25) is 0 Å². The van der Waals surface area contributed by atoms with Crippen LogP contribution in [-0.2, 0) is 9.59 Å². The fourth-order valence-corrected chi connectivity index (χ4v) is 3.99. The second kappa shape index (κ2) is 9.53. The molecule has 7 heteroatoms. The van der Waals surface area contributed by atoms with Crippen LogP contribution in [0.3, 0.4) is 0 Å². The number of thioether (sulfide) groups is 1. The molecule has 1 aliphatic heterocycles. The molecule has 0 aliphatic carbocycles. The summed E-state index contributed by atoms with van der Waals surface area (Å²) in [4.78, 5) is 38.7. The summed E-state index contributed by atoms with van der Waals surface area (Å²) < 4.78 is 5.82. The molecular formula is C25H20N2O4S. The van der Waals surface area contributed by atoms with Crippen molar-refractivity contribution in [3.05, 3.63) is 94.9 Å². The van der Waals surface area contributed by atoms with Crippen molar-refractivity contribution in [3.8, 4) is 11.5 Å². The van der Waals surface area contributed by atoms with E-state index in [1.807, 2.05) is 73.7 Å². The molecule has 6 nitrogen and oxygen atoms in total. The van der Waals surface area contributed by atoms with Crippen molar-refractivity contribution in [3.63, 3.8) is 0 Å². The third-order valence-electron chi connectivity index (χ3n) is 4.61. The van der Waals surface area contributed by atoms with Gasteiger partial charge in [0.15, 0.2) is 0 Å². The van der Waals surface area contributed by atoms with E-state index in [1.54, 1.807) is 18.2 Å². The van der Waals surface area contributed by atoms with Gasteiger partial charge in [-0.2, -0.15) is 0 Å². The van der Waals surface area contributed by atoms with Gasteiger partial charge in [-0.25, -0.2) is 0 Å². The van der Waals surface area contributed by atoms with Gasteiger partial charge in [0.2, 0.25) is 5.91 Å². The van der Waals surface area contributed by atoms with Crippen LogP contribution in [0.25, 0.3) is 6.08 Å². The summed E-state index contributed by atoms with van der Waals surface area (Å²) in [5, 5.41) is 2.24. The minimum atomic E-state index is -0.492. The maximum atomic E-state index is 12.7. The van der Waals surface area contributed by atoms with E-state index in [1.165, 1.54) is 0 Å². The number of hydrogen-bond donors (Lipinski definition) is 1. The molecule has 1 N–H and O–H groups in total. The highest BCUT2D eigenvalue weighted by atomic mass is 32.2. The van der Waals surface area contributed by atoms with Gasteiger partial charge in [0.05, 0.1) is 4.91 Å². The Morgan fingerprint density at radius 3 is 2.50 bits per heavy atom. The van der Waals surface area contributed by atoms with E-state index in [-0.39, 0.29) is 11.4 Å². The lowest BCUT2D eigenvalue weighted by Gasteiger charge is -2.12. The van der Waals surface area contributed by atoms with Crippen LogP contribution in [0.5, 0.6) is 11.5 Å². The number of anilines is 1. The van der Waals surface area contributed by atoms with E-state index in [4.69, 9.17) is 4.74 Å². The average molecular weight is 445 g/mol. The van der Waals surface area contributed by atoms with E-state index in [2.05, 4.69) is 5.32 Å². The highest BCUT2D eigenvalue weighted by Gasteiger charge is 2.36. The van der Waals surface area contributed by atoms with Crippen molar-refractivity contribution in [2.75, 3.05) is 11.9 Å². The summed E-state index contributed by atoms with van der Waals surface area (Å²) in [5.41, 5.74) is 2.33. The first kappa shape index (κ1) is 21.4. The Morgan fingerprint density at radius 1 is 0.969 bits per heavy atom. The topological polar surface area (TPSA) is 75.7 Å². The fraction of sp³-hybridized carbons (Fsp3) is 0.0800. The number of aryl methyl sites for hydroxylation is 1. The Kier molecular flexibility index (Phi) is 6.37. The van der Waals surface area contributed by atoms with Crippen molar-refractivity contribution in [1.82, 2.24) is 4.90 Å². The Labute approximate surface area is 189 Å². The van der Waals surface area contributed by atoms with Crippen LogP contribution >= 0.6 is 11.8 Å². The molecule has 1 heterocycles. The van der Waals surface area contributed by atoms with Crippen molar-refractivity contribution in [1.29, 1.82) is 0 Å². The van der Waals surface area contributed by atoms with Gasteiger partial charge in [-0.15, -0.1) is 0 Å². The number of para-hydroxylation sites is 1. The first-order chi connectivity index (χ1) is 15.5. The number of carbonyl (C=O) groups is 3. The van der Waals surface area contributed by atoms with Crippen LogP contribution in [0.15, 0.2) is 83.8 Å². The molecule has 0 saturated carbocycles. The Bertz CT molecular complexity index is 1210. The number of nitrogens with one attached hydrogen (secondary N) is 1. The minimum absolute atomic E-state index is 0.259. The van der Waals surface area contributed by atoms with E-state index in [0.29, 0.717) is 22.7 Å². The Morgan fingerprint density at radius 2 is 1.72 bits per heavy atom. The first-order valence-corrected chi connectivity index (χ1v) is 10.7. The SMILES string of the molecule is Cc1cccc(NC(=O)CN2C(=O)SC(=Cc3cccc(Oc4ccccc4)c3)C2=O)c1. The molecule has 3 aromatic carbocycles. The molecule has 160 valence electrons. The normalized spacial score (nSPS) is 14.7. The molecule has 1 fully saturated rings. The number of imide groups is 1. The summed E-state index contributed by atoms with van der Waals surface area (Å²) in [6.07, 6.45) is 1.63. The molecule has 1 aliphatic rings. The number of rotatable bonds is 6. The highest BCUT2D eigenvalue weighted by molar-refractivity contribution is 8.18. The number of hydrogen-bond acceptors (Lipinski definition) is 5. The molecule has 0 atom stereocenters. The summed E-state index contributed by atoms with van der Waals surface area (Å²) in [7, 11) is 0. The van der Waals surface area contributed by atoms with Crippen molar-refractivity contribution in [2.24, 2.45) is 0 Å². The second-order valence-electron chi connectivity index (χ2n) is 7.17. The van der Waals surface area contributed by atoms with E-state index in [9.17, 15) is 14.4 Å². The molecule has 3 aromatic rings. The van der Waals surface area contributed by atoms with Gasteiger partial charge in [-0.1, -0.05) is 42.5 Å². The highest BCUT2D eigenvalue weighted by Crippen LogP contribution is 2.33. The molecule has 4 rings (SSSR count). The Hall–Kier alpha value is -3.84. The predicted molar refractivity (Wildman–Crippen MR) is 125 cm³/mol. The molecule has 0 unspecified atom stereocenters. The Balaban J connectivity index is 1.44. The monoisotopic (exact) mass is 444 g/mol. The molecule has 0 aromatic heterocycles. The molecule has 0 spiro atoms. The summed E-state index contributed by atoms with van der Waals surface area (Å²) >= 11 is 0.815. The van der Waals surface area contributed by atoms with Crippen LogP contribution in [0, 0.1) is 6.92 Å². The largest absolute Gasteiger partial charge is 0.457 e. The fourth-order valence-electron chi connectivity index (χ4n) is 3.15. The summed E-state index contributed by atoms with van der Waals surface area (Å²) in [5.74, 6) is 0.387.